The first-order valence-electron chi connectivity index (χ1n) is 9.09. The first-order chi connectivity index (χ1) is 14.0. The largest absolute Gasteiger partial charge is 0.426 e. The lowest BCUT2D eigenvalue weighted by Gasteiger charge is -2.38. The van der Waals surface area contributed by atoms with Gasteiger partial charge in [0.05, 0.1) is 10.9 Å². The van der Waals surface area contributed by atoms with Crippen molar-refractivity contribution in [2.45, 2.75) is 23.1 Å². The monoisotopic (exact) mass is 424 g/mol. The second-order valence-electron chi connectivity index (χ2n) is 7.07. The molecule has 0 fully saturated rings. The molecular formula is C21H16N2O4S2. The van der Waals surface area contributed by atoms with Gasteiger partial charge in [0.2, 0.25) is 5.91 Å². The smallest absolute Gasteiger partial charge is 0.317 e. The molecule has 1 aromatic heterocycles. The Bertz CT molecular complexity index is 1200. The molecular weight excluding hydrogens is 408 g/mol. The Morgan fingerprint density at radius 3 is 2.79 bits per heavy atom. The minimum atomic E-state index is -0.723. The first-order valence-corrected chi connectivity index (χ1v) is 10.8. The van der Waals surface area contributed by atoms with Crippen LogP contribution in [-0.2, 0) is 9.59 Å². The van der Waals surface area contributed by atoms with Crippen molar-refractivity contribution in [2.75, 3.05) is 5.32 Å². The number of thioether (sulfide) groups is 1. The van der Waals surface area contributed by atoms with Crippen LogP contribution < -0.4 is 14.9 Å². The van der Waals surface area contributed by atoms with Crippen LogP contribution in [0, 0.1) is 12.8 Å². The van der Waals surface area contributed by atoms with E-state index in [4.69, 9.17) is 4.74 Å². The highest BCUT2D eigenvalue weighted by atomic mass is 32.2. The highest BCUT2D eigenvalue weighted by molar-refractivity contribution is 8.00. The fraction of sp³-hybridized carbons (Fsp3) is 0.190. The third-order valence-electron chi connectivity index (χ3n) is 5.14. The van der Waals surface area contributed by atoms with Crippen molar-refractivity contribution in [3.05, 3.63) is 74.2 Å². The quantitative estimate of drug-likeness (QED) is 0.485. The normalized spacial score (nSPS) is 22.1. The Hall–Kier alpha value is -2.84. The number of benzene rings is 2. The highest BCUT2D eigenvalue weighted by Crippen LogP contribution is 2.53. The molecule has 3 aromatic rings. The number of para-hydroxylation sites is 1. The van der Waals surface area contributed by atoms with Crippen molar-refractivity contribution in [1.82, 2.24) is 4.98 Å². The molecule has 2 aliphatic rings. The van der Waals surface area contributed by atoms with Gasteiger partial charge in [-0.05, 0) is 30.7 Å². The van der Waals surface area contributed by atoms with Gasteiger partial charge in [-0.3, -0.25) is 14.4 Å². The zero-order valence-electron chi connectivity index (χ0n) is 15.3. The molecule has 3 atom stereocenters. The predicted octanol–water partition coefficient (Wildman–Crippen LogP) is 3.52. The van der Waals surface area contributed by atoms with Crippen molar-refractivity contribution in [1.29, 1.82) is 0 Å². The number of carbonyl (C=O) groups is 2. The van der Waals surface area contributed by atoms with Crippen LogP contribution in [0.1, 0.15) is 21.9 Å². The lowest BCUT2D eigenvalue weighted by atomic mass is 9.80. The van der Waals surface area contributed by atoms with Crippen molar-refractivity contribution in [2.24, 2.45) is 5.92 Å². The van der Waals surface area contributed by atoms with Crippen LogP contribution in [0.2, 0.25) is 0 Å². The summed E-state index contributed by atoms with van der Waals surface area (Å²) >= 11 is 2.31. The van der Waals surface area contributed by atoms with E-state index in [9.17, 15) is 14.4 Å². The molecule has 2 aromatic carbocycles. The number of ether oxygens (including phenoxy) is 1. The highest BCUT2D eigenvalue weighted by Gasteiger charge is 2.51. The van der Waals surface area contributed by atoms with Gasteiger partial charge in [-0.1, -0.05) is 53.4 Å². The van der Waals surface area contributed by atoms with Crippen molar-refractivity contribution in [3.8, 4) is 5.75 Å². The van der Waals surface area contributed by atoms with Gasteiger partial charge in [-0.25, -0.2) is 0 Å². The van der Waals surface area contributed by atoms with Crippen LogP contribution in [0.15, 0.2) is 58.4 Å². The Morgan fingerprint density at radius 1 is 1.14 bits per heavy atom. The molecule has 2 aliphatic heterocycles. The lowest BCUT2D eigenvalue weighted by Crippen LogP contribution is -2.46. The molecule has 0 saturated heterocycles. The number of hydrogen-bond acceptors (Lipinski definition) is 6. The van der Waals surface area contributed by atoms with Gasteiger partial charge in [-0.15, -0.1) is 0 Å². The lowest BCUT2D eigenvalue weighted by molar-refractivity contribution is -0.142. The van der Waals surface area contributed by atoms with Crippen LogP contribution >= 0.6 is 23.1 Å². The van der Waals surface area contributed by atoms with Crippen molar-refractivity contribution in [3.63, 3.8) is 0 Å². The maximum Gasteiger partial charge on any atom is 0.317 e. The Balaban J connectivity index is 1.59. The summed E-state index contributed by atoms with van der Waals surface area (Å²) in [6.45, 7) is 1.94. The molecule has 0 spiro atoms. The van der Waals surface area contributed by atoms with Gasteiger partial charge >= 0.3 is 10.8 Å². The molecule has 0 bridgehead atoms. The molecule has 8 heteroatoms. The SMILES string of the molecule is Cc1cccc(NC(=O)C2Sc3[nH]c(=O)sc3C3c4ccccc4OC(=O)C23)c1. The summed E-state index contributed by atoms with van der Waals surface area (Å²) in [7, 11) is 0. The molecule has 3 unspecified atom stereocenters. The predicted molar refractivity (Wildman–Crippen MR) is 112 cm³/mol. The van der Waals surface area contributed by atoms with Crippen molar-refractivity contribution < 1.29 is 14.3 Å². The first kappa shape index (κ1) is 18.2. The van der Waals surface area contributed by atoms with Crippen LogP contribution in [0.25, 0.3) is 0 Å². The van der Waals surface area contributed by atoms with Crippen LogP contribution in [0.5, 0.6) is 5.75 Å². The second kappa shape index (κ2) is 6.89. The number of nitrogens with one attached hydrogen (secondary N) is 2. The number of aromatic nitrogens is 1. The fourth-order valence-corrected chi connectivity index (χ4v) is 6.37. The van der Waals surface area contributed by atoms with Gasteiger partial charge in [0.15, 0.2) is 0 Å². The molecule has 2 N–H and O–H groups in total. The maximum absolute atomic E-state index is 13.2. The molecule has 5 rings (SSSR count). The topological polar surface area (TPSA) is 88.3 Å². The molecule has 1 amide bonds. The van der Waals surface area contributed by atoms with E-state index in [0.29, 0.717) is 16.5 Å². The number of rotatable bonds is 2. The third kappa shape index (κ3) is 3.08. The Labute approximate surface area is 174 Å². The molecule has 29 heavy (non-hydrogen) atoms. The maximum atomic E-state index is 13.2. The summed E-state index contributed by atoms with van der Waals surface area (Å²) < 4.78 is 5.56. The Kier molecular flexibility index (Phi) is 4.33. The molecule has 0 saturated carbocycles. The van der Waals surface area contributed by atoms with E-state index < -0.39 is 17.1 Å². The van der Waals surface area contributed by atoms with Gasteiger partial charge in [0.1, 0.15) is 11.0 Å². The number of amides is 1. The fourth-order valence-electron chi connectivity index (χ4n) is 3.91. The van der Waals surface area contributed by atoms with E-state index in [0.717, 1.165) is 27.3 Å². The summed E-state index contributed by atoms with van der Waals surface area (Å²) in [5.74, 6) is -1.35. The average Bonchev–Trinajstić information content (AvgIpc) is 3.07. The van der Waals surface area contributed by atoms with E-state index in [-0.39, 0.29) is 16.7 Å². The van der Waals surface area contributed by atoms with Gasteiger partial charge in [0, 0.05) is 22.0 Å². The number of esters is 1. The van der Waals surface area contributed by atoms with E-state index >= 15 is 0 Å². The van der Waals surface area contributed by atoms with Crippen LogP contribution in [-0.4, -0.2) is 22.1 Å². The second-order valence-corrected chi connectivity index (χ2v) is 9.23. The van der Waals surface area contributed by atoms with Gasteiger partial charge in [-0.2, -0.15) is 0 Å². The summed E-state index contributed by atoms with van der Waals surface area (Å²) in [6, 6.07) is 14.8. The zero-order chi connectivity index (χ0) is 20.1. The molecule has 6 nitrogen and oxygen atoms in total. The van der Waals surface area contributed by atoms with Crippen LogP contribution in [0.3, 0.4) is 0 Å². The third-order valence-corrected chi connectivity index (χ3v) is 7.55. The zero-order valence-corrected chi connectivity index (χ0v) is 16.9. The van der Waals surface area contributed by atoms with E-state index in [1.54, 1.807) is 12.1 Å². The molecule has 0 radical (unpaired) electrons. The summed E-state index contributed by atoms with van der Waals surface area (Å²) in [6.07, 6.45) is 0. The number of aromatic amines is 1. The molecule has 3 heterocycles. The van der Waals surface area contributed by atoms with E-state index in [1.807, 2.05) is 43.3 Å². The number of fused-ring (bicyclic) bond motifs is 5. The molecule has 146 valence electrons. The number of thiazole rings is 1. The minimum absolute atomic E-state index is 0.197. The number of H-pyrrole nitrogens is 1. The van der Waals surface area contributed by atoms with Crippen molar-refractivity contribution >= 4 is 40.7 Å². The number of carbonyl (C=O) groups excluding carboxylic acids is 2. The standard InChI is InChI=1S/C21H16N2O4S2/c1-10-5-4-6-11(9-10)22-18(24)16-15-14(17-19(28-16)23-21(26)29-17)12-7-2-3-8-13(12)27-20(15)25/h2-9,14-16H,1H3,(H,22,24)(H,23,26). The Morgan fingerprint density at radius 2 is 1.97 bits per heavy atom. The van der Waals surface area contributed by atoms with E-state index in [1.165, 1.54) is 11.8 Å². The number of hydrogen-bond donors (Lipinski definition) is 2. The average molecular weight is 425 g/mol. The molecule has 0 aliphatic carbocycles. The van der Waals surface area contributed by atoms with Crippen LogP contribution in [0.4, 0.5) is 5.69 Å². The number of anilines is 1. The number of aryl methyl sites for hydroxylation is 1. The van der Waals surface area contributed by atoms with E-state index in [2.05, 4.69) is 10.3 Å². The summed E-state index contributed by atoms with van der Waals surface area (Å²) in [4.78, 5) is 41.6. The summed E-state index contributed by atoms with van der Waals surface area (Å²) in [5.41, 5.74) is 2.51. The van der Waals surface area contributed by atoms with Gasteiger partial charge in [0.25, 0.3) is 0 Å². The summed E-state index contributed by atoms with van der Waals surface area (Å²) in [5, 5.41) is 2.84. The van der Waals surface area contributed by atoms with Gasteiger partial charge < -0.3 is 15.0 Å². The minimum Gasteiger partial charge on any atom is -0.426 e.